The van der Waals surface area contributed by atoms with Crippen LogP contribution in [0.2, 0.25) is 0 Å². The Labute approximate surface area is 70.0 Å². The molecule has 2 heteroatoms. The number of unbranched alkanes of at least 4 members (excludes halogenated alkanes) is 1. The summed E-state index contributed by atoms with van der Waals surface area (Å²) in [6.45, 7) is 9.44. The first-order valence-corrected chi connectivity index (χ1v) is 4.79. The summed E-state index contributed by atoms with van der Waals surface area (Å²) >= 11 is 0. The Hall–Kier alpha value is -0.0800. The van der Waals surface area contributed by atoms with Crippen LogP contribution < -0.4 is 5.32 Å². The molecule has 0 spiro atoms. The van der Waals surface area contributed by atoms with Crippen LogP contribution in [-0.4, -0.2) is 37.1 Å². The van der Waals surface area contributed by atoms with Crippen LogP contribution in [0.4, 0.5) is 0 Å². The van der Waals surface area contributed by atoms with E-state index >= 15 is 0 Å². The molecule has 0 aromatic carbocycles. The molecule has 2 nitrogen and oxygen atoms in total. The van der Waals surface area contributed by atoms with Gasteiger partial charge in [-0.15, -0.1) is 0 Å². The van der Waals surface area contributed by atoms with Gasteiger partial charge in [0.05, 0.1) is 0 Å². The fourth-order valence-corrected chi connectivity index (χ4v) is 1.58. The molecule has 0 bridgehead atoms. The molecule has 1 saturated heterocycles. The summed E-state index contributed by atoms with van der Waals surface area (Å²) in [5.41, 5.74) is 0. The third-order valence-corrected chi connectivity index (χ3v) is 2.44. The third-order valence-electron chi connectivity index (χ3n) is 2.44. The van der Waals surface area contributed by atoms with Crippen LogP contribution in [0.1, 0.15) is 26.7 Å². The van der Waals surface area contributed by atoms with Crippen molar-refractivity contribution in [2.45, 2.75) is 32.7 Å². The lowest BCUT2D eigenvalue weighted by Crippen LogP contribution is -2.49. The molecule has 1 aliphatic rings. The highest BCUT2D eigenvalue weighted by Gasteiger charge is 2.15. The molecule has 1 fully saturated rings. The van der Waals surface area contributed by atoms with Gasteiger partial charge in [-0.3, -0.25) is 4.90 Å². The van der Waals surface area contributed by atoms with Gasteiger partial charge in [-0.1, -0.05) is 13.3 Å². The van der Waals surface area contributed by atoms with Crippen molar-refractivity contribution in [1.82, 2.24) is 10.2 Å². The van der Waals surface area contributed by atoms with E-state index in [0.717, 1.165) is 6.04 Å². The topological polar surface area (TPSA) is 15.3 Å². The third kappa shape index (κ3) is 2.80. The first-order chi connectivity index (χ1) is 5.34. The van der Waals surface area contributed by atoms with E-state index in [0.29, 0.717) is 0 Å². The van der Waals surface area contributed by atoms with Crippen LogP contribution >= 0.6 is 0 Å². The molecule has 0 aromatic rings. The fourth-order valence-electron chi connectivity index (χ4n) is 1.58. The summed E-state index contributed by atoms with van der Waals surface area (Å²) < 4.78 is 0. The monoisotopic (exact) mass is 156 g/mol. The molecule has 0 radical (unpaired) electrons. The molecule has 0 aromatic heterocycles. The maximum Gasteiger partial charge on any atom is 0.0192 e. The highest BCUT2D eigenvalue weighted by molar-refractivity contribution is 4.75. The van der Waals surface area contributed by atoms with Crippen molar-refractivity contribution in [3.8, 4) is 0 Å². The van der Waals surface area contributed by atoms with Crippen LogP contribution in [0, 0.1) is 0 Å². The van der Waals surface area contributed by atoms with Crippen molar-refractivity contribution in [3.63, 3.8) is 0 Å². The zero-order valence-corrected chi connectivity index (χ0v) is 7.77. The molecular weight excluding hydrogens is 136 g/mol. The van der Waals surface area contributed by atoms with E-state index in [2.05, 4.69) is 24.1 Å². The molecule has 1 rings (SSSR count). The highest BCUT2D eigenvalue weighted by Crippen LogP contribution is 2.03. The Morgan fingerprint density at radius 2 is 2.36 bits per heavy atom. The first kappa shape index (κ1) is 9.01. The summed E-state index contributed by atoms with van der Waals surface area (Å²) in [6, 6.07) is 0.746. The molecule has 66 valence electrons. The van der Waals surface area contributed by atoms with E-state index in [1.165, 1.54) is 39.0 Å². The average molecular weight is 156 g/mol. The second-order valence-corrected chi connectivity index (χ2v) is 3.44. The Bertz CT molecular complexity index is 104. The van der Waals surface area contributed by atoms with E-state index in [9.17, 15) is 0 Å². The van der Waals surface area contributed by atoms with Crippen molar-refractivity contribution in [2.24, 2.45) is 0 Å². The minimum atomic E-state index is 0.746. The molecule has 0 amide bonds. The molecule has 1 heterocycles. The number of hydrogen-bond acceptors (Lipinski definition) is 2. The minimum Gasteiger partial charge on any atom is -0.314 e. The van der Waals surface area contributed by atoms with Gasteiger partial charge in [-0.25, -0.2) is 0 Å². The zero-order valence-electron chi connectivity index (χ0n) is 7.77. The lowest BCUT2D eigenvalue weighted by Gasteiger charge is -2.33. The quantitative estimate of drug-likeness (QED) is 0.658. The average Bonchev–Trinajstić information content (AvgIpc) is 2.03. The van der Waals surface area contributed by atoms with Crippen molar-refractivity contribution in [1.29, 1.82) is 0 Å². The lowest BCUT2D eigenvalue weighted by atomic mass is 10.2. The Morgan fingerprint density at radius 3 is 3.00 bits per heavy atom. The van der Waals surface area contributed by atoms with E-state index in [1.54, 1.807) is 0 Å². The number of hydrogen-bond donors (Lipinski definition) is 1. The van der Waals surface area contributed by atoms with Crippen molar-refractivity contribution in [2.75, 3.05) is 26.2 Å². The van der Waals surface area contributed by atoms with E-state index in [1.807, 2.05) is 0 Å². The summed E-state index contributed by atoms with van der Waals surface area (Å²) in [5, 5.41) is 3.40. The standard InChI is InChI=1S/C9H20N2/c1-3-4-6-11-7-5-10-8-9(11)2/h9-10H,3-8H2,1-2H3/t9-/m0/s1. The molecule has 0 saturated carbocycles. The first-order valence-electron chi connectivity index (χ1n) is 4.79. The van der Waals surface area contributed by atoms with Gasteiger partial charge in [0.15, 0.2) is 0 Å². The summed E-state index contributed by atoms with van der Waals surface area (Å²) in [6.07, 6.45) is 2.67. The molecule has 1 aliphatic heterocycles. The maximum atomic E-state index is 3.40. The van der Waals surface area contributed by atoms with E-state index in [-0.39, 0.29) is 0 Å². The smallest absolute Gasteiger partial charge is 0.0192 e. The van der Waals surface area contributed by atoms with Gasteiger partial charge in [0.25, 0.3) is 0 Å². The molecule has 1 N–H and O–H groups in total. The summed E-state index contributed by atoms with van der Waals surface area (Å²) in [7, 11) is 0. The fraction of sp³-hybridized carbons (Fsp3) is 1.00. The van der Waals surface area contributed by atoms with Crippen LogP contribution in [0.3, 0.4) is 0 Å². The molecular formula is C9H20N2. The zero-order chi connectivity index (χ0) is 8.10. The van der Waals surface area contributed by atoms with Crippen LogP contribution in [-0.2, 0) is 0 Å². The van der Waals surface area contributed by atoms with Crippen molar-refractivity contribution in [3.05, 3.63) is 0 Å². The predicted octanol–water partition coefficient (Wildman–Crippen LogP) is 1.08. The van der Waals surface area contributed by atoms with E-state index < -0.39 is 0 Å². The number of nitrogens with zero attached hydrogens (tertiary/aromatic N) is 1. The Morgan fingerprint density at radius 1 is 1.55 bits per heavy atom. The largest absolute Gasteiger partial charge is 0.314 e. The second-order valence-electron chi connectivity index (χ2n) is 3.44. The van der Waals surface area contributed by atoms with Gasteiger partial charge in [0.2, 0.25) is 0 Å². The van der Waals surface area contributed by atoms with Crippen molar-refractivity contribution < 1.29 is 0 Å². The SMILES string of the molecule is CCCCN1CCNC[C@@H]1C. The number of nitrogens with one attached hydrogen (secondary N) is 1. The maximum absolute atomic E-state index is 3.40. The highest BCUT2D eigenvalue weighted by atomic mass is 15.2. The molecule has 0 aliphatic carbocycles. The Kier molecular flexibility index (Phi) is 3.87. The molecule has 0 unspecified atom stereocenters. The van der Waals surface area contributed by atoms with Crippen LogP contribution in [0.5, 0.6) is 0 Å². The Balaban J connectivity index is 2.18. The number of piperazine rings is 1. The number of rotatable bonds is 3. The van der Waals surface area contributed by atoms with Gasteiger partial charge in [-0.05, 0) is 19.9 Å². The predicted molar refractivity (Wildman–Crippen MR) is 48.8 cm³/mol. The van der Waals surface area contributed by atoms with Crippen LogP contribution in [0.15, 0.2) is 0 Å². The lowest BCUT2D eigenvalue weighted by molar-refractivity contribution is 0.171. The minimum absolute atomic E-state index is 0.746. The second kappa shape index (κ2) is 4.73. The summed E-state index contributed by atoms with van der Waals surface area (Å²) in [4.78, 5) is 2.58. The van der Waals surface area contributed by atoms with E-state index in [4.69, 9.17) is 0 Å². The molecule has 1 atom stereocenters. The van der Waals surface area contributed by atoms with Gasteiger partial charge in [0, 0.05) is 25.7 Å². The van der Waals surface area contributed by atoms with Crippen LogP contribution in [0.25, 0.3) is 0 Å². The van der Waals surface area contributed by atoms with Gasteiger partial charge >= 0.3 is 0 Å². The van der Waals surface area contributed by atoms with Crippen molar-refractivity contribution >= 4 is 0 Å². The van der Waals surface area contributed by atoms with Gasteiger partial charge in [0.1, 0.15) is 0 Å². The van der Waals surface area contributed by atoms with Gasteiger partial charge in [-0.2, -0.15) is 0 Å². The summed E-state index contributed by atoms with van der Waals surface area (Å²) in [5.74, 6) is 0. The molecule has 11 heavy (non-hydrogen) atoms. The van der Waals surface area contributed by atoms with Gasteiger partial charge < -0.3 is 5.32 Å². The normalized spacial score (nSPS) is 27.3.